The molecule has 1 aromatic carbocycles. The molecule has 0 amide bonds. The van der Waals surface area contributed by atoms with Gasteiger partial charge in [-0.15, -0.1) is 0 Å². The fraction of sp³-hybridized carbons (Fsp3) is 0.154. The Morgan fingerprint density at radius 3 is 2.67 bits per heavy atom. The molecule has 2 aromatic rings. The number of pyridine rings is 1. The number of aliphatic hydroxyl groups is 1. The Morgan fingerprint density at radius 1 is 1.17 bits per heavy atom. The van der Waals surface area contributed by atoms with Gasteiger partial charge in [-0.3, -0.25) is 0 Å². The van der Waals surface area contributed by atoms with E-state index in [0.29, 0.717) is 0 Å². The Balaban J connectivity index is 2.06. The van der Waals surface area contributed by atoms with Crippen LogP contribution in [0.4, 0.5) is 17.2 Å². The standard InChI is InChI=1S/C13H16AsN3O/c15-10-4-6-11(7-5-10)16-13-3-1-2-12(17-13)14-8-9-18/h1-7,14,18H,8-9,15H2,(H,16,17). The molecule has 1 aromatic heterocycles. The van der Waals surface area contributed by atoms with Crippen molar-refractivity contribution in [3.8, 4) is 0 Å². The zero-order valence-electron chi connectivity index (χ0n) is 9.93. The van der Waals surface area contributed by atoms with Crippen LogP contribution in [-0.4, -0.2) is 32.4 Å². The monoisotopic (exact) mass is 305 g/mol. The van der Waals surface area contributed by atoms with E-state index < -0.39 is 0 Å². The number of nitrogens with zero attached hydrogens (tertiary/aromatic N) is 1. The molecule has 1 atom stereocenters. The molecule has 4 N–H and O–H groups in total. The van der Waals surface area contributed by atoms with Gasteiger partial charge in [0.05, 0.1) is 0 Å². The van der Waals surface area contributed by atoms with E-state index in [-0.39, 0.29) is 22.4 Å². The minimum absolute atomic E-state index is 0.247. The van der Waals surface area contributed by atoms with Gasteiger partial charge in [0, 0.05) is 0 Å². The van der Waals surface area contributed by atoms with Crippen LogP contribution in [0.25, 0.3) is 0 Å². The second-order valence-electron chi connectivity index (χ2n) is 3.81. The first-order valence-corrected chi connectivity index (χ1v) is 8.25. The molecule has 5 heteroatoms. The predicted octanol–water partition coefficient (Wildman–Crippen LogP) is 0.880. The van der Waals surface area contributed by atoms with Crippen molar-refractivity contribution in [3.63, 3.8) is 0 Å². The number of nitrogens with one attached hydrogen (secondary N) is 1. The topological polar surface area (TPSA) is 71.2 Å². The van der Waals surface area contributed by atoms with Crippen molar-refractivity contribution in [2.45, 2.75) is 5.21 Å². The van der Waals surface area contributed by atoms with Crippen LogP contribution in [0.3, 0.4) is 0 Å². The van der Waals surface area contributed by atoms with Crippen molar-refractivity contribution in [3.05, 3.63) is 42.5 Å². The Bertz CT molecular complexity index is 502. The van der Waals surface area contributed by atoms with E-state index in [1.54, 1.807) is 0 Å². The third-order valence-corrected chi connectivity index (χ3v) is 4.69. The summed E-state index contributed by atoms with van der Waals surface area (Å²) in [6.07, 6.45) is 0. The third-order valence-electron chi connectivity index (χ3n) is 2.35. The van der Waals surface area contributed by atoms with Crippen molar-refractivity contribution < 1.29 is 5.11 Å². The number of benzene rings is 1. The van der Waals surface area contributed by atoms with Crippen molar-refractivity contribution in [2.24, 2.45) is 0 Å². The van der Waals surface area contributed by atoms with E-state index in [4.69, 9.17) is 10.8 Å². The van der Waals surface area contributed by atoms with E-state index in [2.05, 4.69) is 10.3 Å². The van der Waals surface area contributed by atoms with Gasteiger partial charge in [-0.25, -0.2) is 0 Å². The van der Waals surface area contributed by atoms with Crippen LogP contribution in [0.1, 0.15) is 0 Å². The van der Waals surface area contributed by atoms with Gasteiger partial charge in [-0.2, -0.15) is 0 Å². The SMILES string of the molecule is Nc1ccc(Nc2cccc([AsH]CCO)n2)cc1. The fourth-order valence-corrected chi connectivity index (χ4v) is 3.14. The molecule has 0 bridgehead atoms. The number of nitrogen functional groups attached to an aromatic ring is 1. The van der Waals surface area contributed by atoms with E-state index in [0.717, 1.165) is 26.9 Å². The summed E-state index contributed by atoms with van der Waals surface area (Å²) >= 11 is -0.326. The molecule has 0 saturated heterocycles. The molecule has 18 heavy (non-hydrogen) atoms. The number of nitrogens with two attached hydrogens (primary N) is 1. The summed E-state index contributed by atoms with van der Waals surface area (Å²) in [5.41, 5.74) is 7.35. The Labute approximate surface area is 113 Å². The van der Waals surface area contributed by atoms with Crippen molar-refractivity contribution in [2.75, 3.05) is 17.7 Å². The molecule has 0 saturated carbocycles. The summed E-state index contributed by atoms with van der Waals surface area (Å²) in [5.74, 6) is 0.832. The number of rotatable bonds is 5. The summed E-state index contributed by atoms with van der Waals surface area (Å²) in [5, 5.41) is 12.9. The van der Waals surface area contributed by atoms with Gasteiger partial charge in [0.15, 0.2) is 0 Å². The number of anilines is 3. The molecule has 1 unspecified atom stereocenters. The van der Waals surface area contributed by atoms with Crippen LogP contribution in [-0.2, 0) is 0 Å². The molecule has 0 aliphatic heterocycles. The molecule has 0 fully saturated rings. The van der Waals surface area contributed by atoms with Gasteiger partial charge in [0.1, 0.15) is 0 Å². The second kappa shape index (κ2) is 6.43. The summed E-state index contributed by atoms with van der Waals surface area (Å²) in [4.78, 5) is 4.53. The zero-order valence-corrected chi connectivity index (χ0v) is 12.0. The van der Waals surface area contributed by atoms with Gasteiger partial charge in [-0.1, -0.05) is 0 Å². The van der Waals surface area contributed by atoms with Crippen molar-refractivity contribution >= 4 is 37.4 Å². The minimum atomic E-state index is -0.326. The summed E-state index contributed by atoms with van der Waals surface area (Å²) in [6, 6.07) is 13.5. The molecule has 1 heterocycles. The average Bonchev–Trinajstić information content (AvgIpc) is 2.40. The van der Waals surface area contributed by atoms with Gasteiger partial charge in [-0.05, 0) is 0 Å². The van der Waals surface area contributed by atoms with Crippen LogP contribution < -0.4 is 15.5 Å². The molecule has 4 nitrogen and oxygen atoms in total. The van der Waals surface area contributed by atoms with E-state index >= 15 is 0 Å². The molecule has 0 radical (unpaired) electrons. The molecular formula is C13H16AsN3O. The number of hydrogen-bond acceptors (Lipinski definition) is 4. The van der Waals surface area contributed by atoms with Crippen molar-refractivity contribution in [1.82, 2.24) is 4.98 Å². The van der Waals surface area contributed by atoms with Crippen LogP contribution >= 0.6 is 0 Å². The Morgan fingerprint density at radius 2 is 1.94 bits per heavy atom. The first-order chi connectivity index (χ1) is 8.78. The first-order valence-electron chi connectivity index (χ1n) is 5.72. The summed E-state index contributed by atoms with van der Waals surface area (Å²) < 4.78 is 1.10. The maximum absolute atomic E-state index is 8.83. The summed E-state index contributed by atoms with van der Waals surface area (Å²) in [6.45, 7) is 0.247. The molecule has 0 spiro atoms. The molecule has 0 aliphatic rings. The van der Waals surface area contributed by atoms with Gasteiger partial charge in [0.2, 0.25) is 0 Å². The number of aliphatic hydroxyl groups excluding tert-OH is 1. The van der Waals surface area contributed by atoms with Crippen LogP contribution in [0.2, 0.25) is 5.21 Å². The average molecular weight is 305 g/mol. The number of hydrogen-bond donors (Lipinski definition) is 3. The van der Waals surface area contributed by atoms with Gasteiger partial charge in [0.25, 0.3) is 0 Å². The van der Waals surface area contributed by atoms with Gasteiger partial charge < -0.3 is 0 Å². The Hall–Kier alpha value is -1.51. The predicted molar refractivity (Wildman–Crippen MR) is 77.0 cm³/mol. The fourth-order valence-electron chi connectivity index (χ4n) is 1.50. The molecule has 2 rings (SSSR count). The van der Waals surface area contributed by atoms with Crippen molar-refractivity contribution in [1.29, 1.82) is 0 Å². The molecule has 0 aliphatic carbocycles. The Kier molecular flexibility index (Phi) is 4.62. The molecule has 94 valence electrons. The van der Waals surface area contributed by atoms with Gasteiger partial charge >= 0.3 is 113 Å². The third kappa shape index (κ3) is 3.76. The first kappa shape index (κ1) is 12.9. The van der Waals surface area contributed by atoms with Crippen LogP contribution in [0.15, 0.2) is 42.5 Å². The maximum atomic E-state index is 8.83. The van der Waals surface area contributed by atoms with E-state index in [9.17, 15) is 0 Å². The van der Waals surface area contributed by atoms with Crippen LogP contribution in [0.5, 0.6) is 0 Å². The normalized spacial score (nSPS) is 10.9. The van der Waals surface area contributed by atoms with Crippen LogP contribution in [0, 0.1) is 0 Å². The van der Waals surface area contributed by atoms with E-state index in [1.807, 2.05) is 42.5 Å². The zero-order chi connectivity index (χ0) is 12.8. The quantitative estimate of drug-likeness (QED) is 0.566. The number of aromatic nitrogens is 1. The summed E-state index contributed by atoms with van der Waals surface area (Å²) in [7, 11) is 0. The molecular weight excluding hydrogens is 289 g/mol. The van der Waals surface area contributed by atoms with E-state index in [1.165, 1.54) is 0 Å². The second-order valence-corrected chi connectivity index (χ2v) is 6.67.